The highest BCUT2D eigenvalue weighted by molar-refractivity contribution is 5.16. The van der Waals surface area contributed by atoms with Crippen molar-refractivity contribution in [1.29, 1.82) is 0 Å². The first-order valence-electron chi connectivity index (χ1n) is 5.37. The highest BCUT2D eigenvalue weighted by Gasteiger charge is 1.87. The zero-order chi connectivity index (χ0) is 10.9. The lowest BCUT2D eigenvalue weighted by molar-refractivity contribution is 0.759. The van der Waals surface area contributed by atoms with Gasteiger partial charge >= 0.3 is 0 Å². The summed E-state index contributed by atoms with van der Waals surface area (Å²) >= 11 is 0. The number of rotatable bonds is 5. The van der Waals surface area contributed by atoms with Crippen LogP contribution in [0.5, 0.6) is 0 Å². The number of allylic oxidation sites excluding steroid dienone is 3. The Balaban J connectivity index is 2.20. The fourth-order valence-corrected chi connectivity index (χ4v) is 1.24. The van der Waals surface area contributed by atoms with Crippen molar-refractivity contribution < 1.29 is 0 Å². The van der Waals surface area contributed by atoms with E-state index in [2.05, 4.69) is 61.7 Å². The van der Waals surface area contributed by atoms with Crippen LogP contribution in [-0.4, -0.2) is 6.54 Å². The van der Waals surface area contributed by atoms with Crippen molar-refractivity contribution >= 4 is 0 Å². The average Bonchev–Trinajstić information content (AvgIpc) is 2.29. The van der Waals surface area contributed by atoms with Crippen LogP contribution in [0, 0.1) is 0 Å². The molecule has 0 aliphatic heterocycles. The van der Waals surface area contributed by atoms with E-state index in [0.29, 0.717) is 0 Å². The molecule has 1 N–H and O–H groups in total. The molecule has 1 rings (SSSR count). The van der Waals surface area contributed by atoms with E-state index in [1.165, 1.54) is 11.1 Å². The van der Waals surface area contributed by atoms with Crippen molar-refractivity contribution in [2.24, 2.45) is 0 Å². The van der Waals surface area contributed by atoms with E-state index in [-0.39, 0.29) is 0 Å². The predicted molar refractivity (Wildman–Crippen MR) is 66.7 cm³/mol. The lowest BCUT2D eigenvalue weighted by Gasteiger charge is -2.01. The summed E-state index contributed by atoms with van der Waals surface area (Å²) in [5.74, 6) is 0. The molecule has 0 fully saturated rings. The van der Waals surface area contributed by atoms with E-state index in [1.54, 1.807) is 0 Å². The molecule has 0 aromatic heterocycles. The zero-order valence-corrected chi connectivity index (χ0v) is 9.53. The maximum absolute atomic E-state index is 3.37. The molecule has 0 saturated carbocycles. The van der Waals surface area contributed by atoms with Crippen LogP contribution in [-0.2, 0) is 6.54 Å². The van der Waals surface area contributed by atoms with Crippen molar-refractivity contribution in [1.82, 2.24) is 5.32 Å². The normalized spacial score (nSPS) is 12.3. The Morgan fingerprint density at radius 3 is 2.67 bits per heavy atom. The van der Waals surface area contributed by atoms with Crippen molar-refractivity contribution in [3.05, 3.63) is 59.7 Å². The first-order chi connectivity index (χ1) is 7.33. The first-order valence-corrected chi connectivity index (χ1v) is 5.37. The smallest absolute Gasteiger partial charge is 0.0208 e. The average molecular weight is 201 g/mol. The van der Waals surface area contributed by atoms with Gasteiger partial charge in [-0.2, -0.15) is 0 Å². The van der Waals surface area contributed by atoms with Gasteiger partial charge in [-0.25, -0.2) is 0 Å². The molecule has 80 valence electrons. The third kappa shape index (κ3) is 5.18. The Bertz CT molecular complexity index is 322. The molecule has 1 heteroatoms. The highest BCUT2D eigenvalue weighted by Crippen LogP contribution is 1.97. The summed E-state index contributed by atoms with van der Waals surface area (Å²) in [7, 11) is 0. The molecule has 1 aromatic carbocycles. The van der Waals surface area contributed by atoms with Crippen molar-refractivity contribution in [2.75, 3.05) is 6.54 Å². The second kappa shape index (κ2) is 7.02. The summed E-state index contributed by atoms with van der Waals surface area (Å²) in [6.07, 6.45) is 6.39. The SMILES string of the molecule is C/C=C(C)/C=C\CNCc1ccccc1. The standard InChI is InChI=1S/C14H19N/c1-3-13(2)8-7-11-15-12-14-9-5-4-6-10-14/h3-10,15H,11-12H2,1-2H3/b8-7-,13-3+. The third-order valence-electron chi connectivity index (χ3n) is 2.27. The summed E-state index contributed by atoms with van der Waals surface area (Å²) in [5, 5.41) is 3.37. The molecule has 0 saturated heterocycles. The fourth-order valence-electron chi connectivity index (χ4n) is 1.24. The summed E-state index contributed by atoms with van der Waals surface area (Å²) in [6, 6.07) is 10.4. The molecule has 0 spiro atoms. The monoisotopic (exact) mass is 201 g/mol. The van der Waals surface area contributed by atoms with Gasteiger partial charge in [0.2, 0.25) is 0 Å². The Morgan fingerprint density at radius 1 is 1.27 bits per heavy atom. The van der Waals surface area contributed by atoms with Gasteiger partial charge in [-0.3, -0.25) is 0 Å². The second-order valence-corrected chi connectivity index (χ2v) is 3.55. The lowest BCUT2D eigenvalue weighted by atomic mass is 10.2. The van der Waals surface area contributed by atoms with Gasteiger partial charge in [-0.1, -0.05) is 54.1 Å². The van der Waals surface area contributed by atoms with Crippen LogP contribution >= 0.6 is 0 Å². The van der Waals surface area contributed by atoms with Crippen LogP contribution in [0.25, 0.3) is 0 Å². The molecule has 0 radical (unpaired) electrons. The minimum atomic E-state index is 0.917. The van der Waals surface area contributed by atoms with Gasteiger partial charge in [0.25, 0.3) is 0 Å². The summed E-state index contributed by atoms with van der Waals surface area (Å²) < 4.78 is 0. The summed E-state index contributed by atoms with van der Waals surface area (Å²) in [5.41, 5.74) is 2.63. The number of benzene rings is 1. The topological polar surface area (TPSA) is 12.0 Å². The first kappa shape index (κ1) is 11.7. The van der Waals surface area contributed by atoms with Crippen LogP contribution in [0.4, 0.5) is 0 Å². The van der Waals surface area contributed by atoms with Crippen LogP contribution in [0.3, 0.4) is 0 Å². The van der Waals surface area contributed by atoms with E-state index >= 15 is 0 Å². The Labute approximate surface area is 92.5 Å². The van der Waals surface area contributed by atoms with E-state index < -0.39 is 0 Å². The van der Waals surface area contributed by atoms with E-state index in [9.17, 15) is 0 Å². The van der Waals surface area contributed by atoms with Crippen molar-refractivity contribution in [2.45, 2.75) is 20.4 Å². The fraction of sp³-hybridized carbons (Fsp3) is 0.286. The third-order valence-corrected chi connectivity index (χ3v) is 2.27. The minimum Gasteiger partial charge on any atom is -0.309 e. The Hall–Kier alpha value is -1.34. The molecule has 0 aliphatic rings. The predicted octanol–water partition coefficient (Wildman–Crippen LogP) is 3.30. The quantitative estimate of drug-likeness (QED) is 0.569. The van der Waals surface area contributed by atoms with E-state index in [1.807, 2.05) is 6.07 Å². The van der Waals surface area contributed by atoms with Crippen LogP contribution in [0.15, 0.2) is 54.1 Å². The molecule has 0 heterocycles. The van der Waals surface area contributed by atoms with Crippen LogP contribution < -0.4 is 5.32 Å². The maximum atomic E-state index is 3.37. The van der Waals surface area contributed by atoms with Crippen molar-refractivity contribution in [3.63, 3.8) is 0 Å². The molecule has 1 nitrogen and oxygen atoms in total. The Morgan fingerprint density at radius 2 is 2.00 bits per heavy atom. The van der Waals surface area contributed by atoms with Crippen LogP contribution in [0.1, 0.15) is 19.4 Å². The molecule has 0 bridgehead atoms. The van der Waals surface area contributed by atoms with Gasteiger partial charge in [0, 0.05) is 13.1 Å². The second-order valence-electron chi connectivity index (χ2n) is 3.55. The molecular formula is C14H19N. The lowest BCUT2D eigenvalue weighted by Crippen LogP contribution is -2.12. The number of hydrogen-bond acceptors (Lipinski definition) is 1. The zero-order valence-electron chi connectivity index (χ0n) is 9.53. The maximum Gasteiger partial charge on any atom is 0.0208 e. The van der Waals surface area contributed by atoms with E-state index in [4.69, 9.17) is 0 Å². The van der Waals surface area contributed by atoms with Crippen molar-refractivity contribution in [3.8, 4) is 0 Å². The molecule has 1 aromatic rings. The molecule has 0 unspecified atom stereocenters. The summed E-state index contributed by atoms with van der Waals surface area (Å²) in [6.45, 7) is 6.00. The Kier molecular flexibility index (Phi) is 5.49. The molecule has 0 amide bonds. The number of hydrogen-bond donors (Lipinski definition) is 1. The molecular weight excluding hydrogens is 182 g/mol. The van der Waals surface area contributed by atoms with Gasteiger partial charge < -0.3 is 5.32 Å². The van der Waals surface area contributed by atoms with Gasteiger partial charge in [0.15, 0.2) is 0 Å². The highest BCUT2D eigenvalue weighted by atomic mass is 14.8. The van der Waals surface area contributed by atoms with Gasteiger partial charge in [-0.15, -0.1) is 0 Å². The number of nitrogens with one attached hydrogen (secondary N) is 1. The molecule has 15 heavy (non-hydrogen) atoms. The molecule has 0 aliphatic carbocycles. The largest absolute Gasteiger partial charge is 0.309 e. The van der Waals surface area contributed by atoms with Gasteiger partial charge in [0.05, 0.1) is 0 Å². The minimum absolute atomic E-state index is 0.917. The summed E-state index contributed by atoms with van der Waals surface area (Å²) in [4.78, 5) is 0. The van der Waals surface area contributed by atoms with Gasteiger partial charge in [0.1, 0.15) is 0 Å². The van der Waals surface area contributed by atoms with Gasteiger partial charge in [-0.05, 0) is 19.4 Å². The molecule has 0 atom stereocenters. The van der Waals surface area contributed by atoms with Crippen LogP contribution in [0.2, 0.25) is 0 Å². The van der Waals surface area contributed by atoms with E-state index in [0.717, 1.165) is 13.1 Å².